The highest BCUT2D eigenvalue weighted by atomic mass is 32.2. The Balaban J connectivity index is 2.77. The van der Waals surface area contributed by atoms with Crippen molar-refractivity contribution in [2.75, 3.05) is 5.75 Å². The highest BCUT2D eigenvalue weighted by Gasteiger charge is 2.22. The predicted octanol–water partition coefficient (Wildman–Crippen LogP) is 1.86. The van der Waals surface area contributed by atoms with Gasteiger partial charge in [-0.15, -0.1) is 5.10 Å². The molecule has 0 atom stereocenters. The second kappa shape index (κ2) is 5.08. The van der Waals surface area contributed by atoms with Gasteiger partial charge in [-0.25, -0.2) is 9.89 Å². The summed E-state index contributed by atoms with van der Waals surface area (Å²) in [5, 5.41) is 6.91. The first-order valence-electron chi connectivity index (χ1n) is 5.56. The van der Waals surface area contributed by atoms with Gasteiger partial charge in [0.1, 0.15) is 5.78 Å². The predicted molar refractivity (Wildman–Crippen MR) is 68.4 cm³/mol. The normalized spacial score (nSPS) is 12.1. The van der Waals surface area contributed by atoms with Crippen LogP contribution in [0.3, 0.4) is 0 Å². The van der Waals surface area contributed by atoms with Crippen LogP contribution in [0.25, 0.3) is 0 Å². The van der Waals surface area contributed by atoms with Crippen LogP contribution >= 0.6 is 11.8 Å². The summed E-state index contributed by atoms with van der Waals surface area (Å²) < 4.78 is 1.56. The van der Waals surface area contributed by atoms with Crippen LogP contribution in [0.15, 0.2) is 9.95 Å². The van der Waals surface area contributed by atoms with Crippen LogP contribution in [0.1, 0.15) is 40.7 Å². The quantitative estimate of drug-likeness (QED) is 0.836. The minimum Gasteiger partial charge on any atom is -0.298 e. The van der Waals surface area contributed by atoms with Crippen LogP contribution < -0.4 is 5.69 Å². The lowest BCUT2D eigenvalue weighted by Gasteiger charge is -2.16. The molecular weight excluding hydrogens is 238 g/mol. The van der Waals surface area contributed by atoms with E-state index in [0.29, 0.717) is 10.9 Å². The van der Waals surface area contributed by atoms with E-state index in [1.807, 2.05) is 34.6 Å². The van der Waals surface area contributed by atoms with E-state index >= 15 is 0 Å². The van der Waals surface area contributed by atoms with Gasteiger partial charge in [0.25, 0.3) is 0 Å². The Morgan fingerprint density at radius 1 is 1.47 bits per heavy atom. The van der Waals surface area contributed by atoms with Gasteiger partial charge in [-0.05, 0) is 13.8 Å². The Kier molecular flexibility index (Phi) is 4.19. The van der Waals surface area contributed by atoms with Crippen LogP contribution in [0, 0.1) is 5.41 Å². The van der Waals surface area contributed by atoms with Gasteiger partial charge in [0, 0.05) is 11.5 Å². The Bertz CT molecular complexity index is 454. The lowest BCUT2D eigenvalue weighted by Crippen LogP contribution is -2.23. The monoisotopic (exact) mass is 257 g/mol. The van der Waals surface area contributed by atoms with Crippen LogP contribution in [0.5, 0.6) is 0 Å². The van der Waals surface area contributed by atoms with Crippen molar-refractivity contribution in [3.05, 3.63) is 10.5 Å². The molecule has 1 aromatic rings. The third-order valence-electron chi connectivity index (χ3n) is 2.36. The molecule has 0 saturated carbocycles. The number of aromatic nitrogens is 3. The molecule has 1 aromatic heterocycles. The molecule has 0 aromatic carbocycles. The maximum Gasteiger partial charge on any atom is 0.344 e. The van der Waals surface area contributed by atoms with Gasteiger partial charge in [0.15, 0.2) is 5.16 Å². The fraction of sp³-hybridized carbons (Fsp3) is 0.727. The van der Waals surface area contributed by atoms with E-state index in [9.17, 15) is 9.59 Å². The smallest absolute Gasteiger partial charge is 0.298 e. The number of aromatic amines is 1. The molecule has 96 valence electrons. The van der Waals surface area contributed by atoms with Gasteiger partial charge in [-0.2, -0.15) is 0 Å². The molecule has 1 heterocycles. The van der Waals surface area contributed by atoms with Crippen LogP contribution in [0.4, 0.5) is 0 Å². The van der Waals surface area contributed by atoms with E-state index in [-0.39, 0.29) is 22.9 Å². The van der Waals surface area contributed by atoms with Crippen molar-refractivity contribution in [2.24, 2.45) is 5.41 Å². The standard InChI is InChI=1S/C11H19N3O2S/c1-7(2)14-9(16)12-13-10(14)17-6-8(15)11(3,4)5/h7H,6H2,1-5H3,(H,12,16). The molecule has 0 radical (unpaired) electrons. The van der Waals surface area contributed by atoms with Gasteiger partial charge in [0.2, 0.25) is 0 Å². The molecule has 0 aliphatic heterocycles. The summed E-state index contributed by atoms with van der Waals surface area (Å²) >= 11 is 1.30. The first kappa shape index (κ1) is 14.0. The summed E-state index contributed by atoms with van der Waals surface area (Å²) in [5.74, 6) is 0.480. The summed E-state index contributed by atoms with van der Waals surface area (Å²) in [4.78, 5) is 23.2. The Morgan fingerprint density at radius 3 is 2.53 bits per heavy atom. The molecule has 0 amide bonds. The number of rotatable bonds is 4. The van der Waals surface area contributed by atoms with Crippen molar-refractivity contribution >= 4 is 17.5 Å². The van der Waals surface area contributed by atoms with Crippen molar-refractivity contribution in [1.29, 1.82) is 0 Å². The molecule has 0 unspecified atom stereocenters. The molecule has 1 N–H and O–H groups in total. The number of hydrogen-bond donors (Lipinski definition) is 1. The van der Waals surface area contributed by atoms with Crippen molar-refractivity contribution in [3.63, 3.8) is 0 Å². The van der Waals surface area contributed by atoms with Crippen LogP contribution in [-0.2, 0) is 4.79 Å². The third-order valence-corrected chi connectivity index (χ3v) is 3.31. The SMILES string of the molecule is CC(C)n1c(SCC(=O)C(C)(C)C)n[nH]c1=O. The van der Waals surface area contributed by atoms with Gasteiger partial charge in [0.05, 0.1) is 5.75 Å². The molecule has 0 spiro atoms. The van der Waals surface area contributed by atoms with Crippen molar-refractivity contribution in [1.82, 2.24) is 14.8 Å². The molecular formula is C11H19N3O2S. The maximum absolute atomic E-state index is 11.8. The molecule has 0 fully saturated rings. The third kappa shape index (κ3) is 3.46. The van der Waals surface area contributed by atoms with Gasteiger partial charge in [-0.1, -0.05) is 32.5 Å². The molecule has 17 heavy (non-hydrogen) atoms. The number of nitrogens with one attached hydrogen (secondary N) is 1. The molecule has 0 aliphatic rings. The van der Waals surface area contributed by atoms with Gasteiger partial charge >= 0.3 is 5.69 Å². The molecule has 0 aliphatic carbocycles. The zero-order valence-electron chi connectivity index (χ0n) is 10.9. The summed E-state index contributed by atoms with van der Waals surface area (Å²) in [6, 6.07) is 0.0356. The molecule has 0 saturated heterocycles. The number of Topliss-reactive ketones (excluding diaryl/α,β-unsaturated/α-hetero) is 1. The average molecular weight is 257 g/mol. The fourth-order valence-electron chi connectivity index (χ4n) is 1.19. The second-order valence-corrected chi connectivity index (χ2v) is 6.18. The van der Waals surface area contributed by atoms with E-state index < -0.39 is 0 Å². The Morgan fingerprint density at radius 2 is 2.06 bits per heavy atom. The summed E-state index contributed by atoms with van der Waals surface area (Å²) in [7, 11) is 0. The molecule has 1 rings (SSSR count). The van der Waals surface area contributed by atoms with E-state index in [1.54, 1.807) is 4.57 Å². The zero-order valence-corrected chi connectivity index (χ0v) is 11.7. The molecule has 5 nitrogen and oxygen atoms in total. The maximum atomic E-state index is 11.8. The largest absolute Gasteiger partial charge is 0.344 e. The van der Waals surface area contributed by atoms with Crippen LogP contribution in [0.2, 0.25) is 0 Å². The number of thioether (sulfide) groups is 1. The molecule has 6 heteroatoms. The van der Waals surface area contributed by atoms with E-state index in [2.05, 4.69) is 10.2 Å². The Labute approximate surface area is 105 Å². The lowest BCUT2D eigenvalue weighted by atomic mass is 9.92. The highest BCUT2D eigenvalue weighted by molar-refractivity contribution is 7.99. The minimum atomic E-state index is -0.355. The number of carbonyl (C=O) groups is 1. The first-order chi connectivity index (χ1) is 7.73. The number of H-pyrrole nitrogens is 1. The Hall–Kier alpha value is -1.04. The van der Waals surface area contributed by atoms with Crippen molar-refractivity contribution in [3.8, 4) is 0 Å². The number of carbonyl (C=O) groups excluding carboxylic acids is 1. The molecule has 0 bridgehead atoms. The average Bonchev–Trinajstić information content (AvgIpc) is 2.54. The van der Waals surface area contributed by atoms with E-state index in [1.165, 1.54) is 11.8 Å². The topological polar surface area (TPSA) is 67.8 Å². The summed E-state index contributed by atoms with van der Waals surface area (Å²) in [6.07, 6.45) is 0. The number of nitrogens with zero attached hydrogens (tertiary/aromatic N) is 2. The minimum absolute atomic E-state index is 0.0356. The van der Waals surface area contributed by atoms with E-state index in [4.69, 9.17) is 0 Å². The van der Waals surface area contributed by atoms with Crippen molar-refractivity contribution < 1.29 is 4.79 Å². The number of ketones is 1. The van der Waals surface area contributed by atoms with Gasteiger partial charge < -0.3 is 0 Å². The van der Waals surface area contributed by atoms with Crippen molar-refractivity contribution in [2.45, 2.75) is 45.8 Å². The second-order valence-electron chi connectivity index (χ2n) is 5.24. The zero-order chi connectivity index (χ0) is 13.2. The summed E-state index contributed by atoms with van der Waals surface area (Å²) in [6.45, 7) is 9.47. The lowest BCUT2D eigenvalue weighted by molar-refractivity contribution is -0.123. The van der Waals surface area contributed by atoms with Crippen LogP contribution in [-0.4, -0.2) is 26.3 Å². The fourth-order valence-corrected chi connectivity index (χ4v) is 2.43. The summed E-state index contributed by atoms with van der Waals surface area (Å²) in [5.41, 5.74) is -0.586. The first-order valence-corrected chi connectivity index (χ1v) is 6.55. The van der Waals surface area contributed by atoms with E-state index in [0.717, 1.165) is 0 Å². The number of hydrogen-bond acceptors (Lipinski definition) is 4. The highest BCUT2D eigenvalue weighted by Crippen LogP contribution is 2.22. The van der Waals surface area contributed by atoms with Gasteiger partial charge in [-0.3, -0.25) is 9.36 Å².